The standard InChI is InChI=1S/C8H14N2O2S2/c1-2-3-10-5-7-4-8(6-13-7)14(9,11)12/h4,6,10H,2-3,5H2,1H3,(H2,9,11,12). The van der Waals surface area contributed by atoms with Crippen LogP contribution < -0.4 is 10.5 Å². The van der Waals surface area contributed by atoms with E-state index in [-0.39, 0.29) is 4.90 Å². The summed E-state index contributed by atoms with van der Waals surface area (Å²) in [5, 5.41) is 9.74. The first-order chi connectivity index (χ1) is 6.54. The zero-order chi connectivity index (χ0) is 10.6. The van der Waals surface area contributed by atoms with Crippen LogP contribution in [0.4, 0.5) is 0 Å². The zero-order valence-electron chi connectivity index (χ0n) is 7.99. The lowest BCUT2D eigenvalue weighted by atomic mass is 10.4. The highest BCUT2D eigenvalue weighted by atomic mass is 32.2. The van der Waals surface area contributed by atoms with Gasteiger partial charge in [-0.25, -0.2) is 13.6 Å². The number of sulfonamides is 1. The van der Waals surface area contributed by atoms with Crippen molar-refractivity contribution in [2.45, 2.75) is 24.8 Å². The van der Waals surface area contributed by atoms with E-state index in [1.807, 2.05) is 0 Å². The van der Waals surface area contributed by atoms with Gasteiger partial charge in [0.15, 0.2) is 0 Å². The lowest BCUT2D eigenvalue weighted by molar-refractivity contribution is 0.598. The molecule has 0 fully saturated rings. The molecular formula is C8H14N2O2S2. The Bertz CT molecular complexity index is 384. The lowest BCUT2D eigenvalue weighted by Gasteiger charge is -1.98. The summed E-state index contributed by atoms with van der Waals surface area (Å²) in [6.45, 7) is 3.72. The molecule has 0 aliphatic carbocycles. The highest BCUT2D eigenvalue weighted by Crippen LogP contribution is 2.17. The molecule has 0 aromatic carbocycles. The summed E-state index contributed by atoms with van der Waals surface area (Å²) in [6, 6.07) is 1.61. The Hall–Kier alpha value is -0.430. The SMILES string of the molecule is CCCNCc1cc(S(N)(=O)=O)cs1. The maximum absolute atomic E-state index is 10.9. The van der Waals surface area contributed by atoms with E-state index in [9.17, 15) is 8.42 Å². The Morgan fingerprint density at radius 1 is 1.57 bits per heavy atom. The highest BCUT2D eigenvalue weighted by molar-refractivity contribution is 7.89. The molecule has 0 amide bonds. The van der Waals surface area contributed by atoms with Crippen molar-refractivity contribution >= 4 is 21.4 Å². The number of rotatable bonds is 5. The molecular weight excluding hydrogens is 220 g/mol. The van der Waals surface area contributed by atoms with Gasteiger partial charge < -0.3 is 5.32 Å². The molecule has 6 heteroatoms. The van der Waals surface area contributed by atoms with Crippen LogP contribution in [0, 0.1) is 0 Å². The van der Waals surface area contributed by atoms with Crippen LogP contribution in [0.3, 0.4) is 0 Å². The van der Waals surface area contributed by atoms with E-state index in [0.29, 0.717) is 6.54 Å². The van der Waals surface area contributed by atoms with Gasteiger partial charge in [0.05, 0.1) is 4.90 Å². The van der Waals surface area contributed by atoms with Crippen molar-refractivity contribution in [3.8, 4) is 0 Å². The summed E-state index contributed by atoms with van der Waals surface area (Å²) in [4.78, 5) is 1.19. The van der Waals surface area contributed by atoms with Gasteiger partial charge in [-0.1, -0.05) is 6.92 Å². The number of hydrogen-bond acceptors (Lipinski definition) is 4. The van der Waals surface area contributed by atoms with Crippen molar-refractivity contribution in [2.75, 3.05) is 6.54 Å². The third kappa shape index (κ3) is 3.38. The molecule has 0 aliphatic heterocycles. The third-order valence-electron chi connectivity index (χ3n) is 1.68. The average Bonchev–Trinajstić information content (AvgIpc) is 2.52. The van der Waals surface area contributed by atoms with Crippen LogP contribution in [-0.4, -0.2) is 15.0 Å². The minimum absolute atomic E-state index is 0.204. The fourth-order valence-electron chi connectivity index (χ4n) is 0.991. The van der Waals surface area contributed by atoms with Crippen molar-refractivity contribution in [3.63, 3.8) is 0 Å². The molecule has 14 heavy (non-hydrogen) atoms. The minimum Gasteiger partial charge on any atom is -0.312 e. The first-order valence-corrected chi connectivity index (χ1v) is 6.77. The molecule has 80 valence electrons. The van der Waals surface area contributed by atoms with Gasteiger partial charge in [-0.15, -0.1) is 11.3 Å². The largest absolute Gasteiger partial charge is 0.312 e. The van der Waals surface area contributed by atoms with Crippen molar-refractivity contribution in [1.82, 2.24) is 5.32 Å². The summed E-state index contributed by atoms with van der Waals surface area (Å²) in [7, 11) is -3.53. The predicted octanol–water partition coefficient (Wildman–Crippen LogP) is 0.895. The molecule has 0 aliphatic rings. The molecule has 1 rings (SSSR count). The van der Waals surface area contributed by atoms with Crippen LogP contribution >= 0.6 is 11.3 Å². The Balaban J connectivity index is 2.60. The quantitative estimate of drug-likeness (QED) is 0.743. The van der Waals surface area contributed by atoms with E-state index in [2.05, 4.69) is 12.2 Å². The molecule has 1 aromatic rings. The van der Waals surface area contributed by atoms with Gasteiger partial charge in [-0.2, -0.15) is 0 Å². The number of primary sulfonamides is 1. The van der Waals surface area contributed by atoms with Crippen molar-refractivity contribution in [2.24, 2.45) is 5.14 Å². The lowest BCUT2D eigenvalue weighted by Crippen LogP contribution is -2.13. The smallest absolute Gasteiger partial charge is 0.238 e. The van der Waals surface area contributed by atoms with Crippen LogP contribution in [0.25, 0.3) is 0 Å². The van der Waals surface area contributed by atoms with E-state index < -0.39 is 10.0 Å². The number of nitrogens with two attached hydrogens (primary N) is 1. The molecule has 0 saturated carbocycles. The Morgan fingerprint density at radius 3 is 2.79 bits per heavy atom. The monoisotopic (exact) mass is 234 g/mol. The number of nitrogens with one attached hydrogen (secondary N) is 1. The van der Waals surface area contributed by atoms with Crippen LogP contribution in [0.5, 0.6) is 0 Å². The average molecular weight is 234 g/mol. The van der Waals surface area contributed by atoms with E-state index in [0.717, 1.165) is 17.8 Å². The van der Waals surface area contributed by atoms with Crippen molar-refractivity contribution in [1.29, 1.82) is 0 Å². The molecule has 0 saturated heterocycles. The van der Waals surface area contributed by atoms with E-state index in [1.165, 1.54) is 11.3 Å². The van der Waals surface area contributed by atoms with Gasteiger partial charge in [-0.05, 0) is 19.0 Å². The summed E-state index contributed by atoms with van der Waals surface area (Å²) >= 11 is 1.41. The Kier molecular flexibility index (Phi) is 4.06. The Labute approximate surface area is 88.2 Å². The minimum atomic E-state index is -3.53. The second-order valence-corrected chi connectivity index (χ2v) is 5.53. The third-order valence-corrected chi connectivity index (χ3v) is 3.66. The first kappa shape index (κ1) is 11.6. The molecule has 3 N–H and O–H groups in total. The van der Waals surface area contributed by atoms with Gasteiger partial charge in [0.25, 0.3) is 0 Å². The van der Waals surface area contributed by atoms with Crippen molar-refractivity contribution < 1.29 is 8.42 Å². The second-order valence-electron chi connectivity index (χ2n) is 2.97. The molecule has 4 nitrogen and oxygen atoms in total. The van der Waals surface area contributed by atoms with E-state index >= 15 is 0 Å². The fourth-order valence-corrected chi connectivity index (χ4v) is 2.77. The van der Waals surface area contributed by atoms with Gasteiger partial charge in [0.2, 0.25) is 10.0 Å². The van der Waals surface area contributed by atoms with E-state index in [1.54, 1.807) is 11.4 Å². The van der Waals surface area contributed by atoms with Crippen LogP contribution in [0.1, 0.15) is 18.2 Å². The van der Waals surface area contributed by atoms with Crippen LogP contribution in [0.2, 0.25) is 0 Å². The van der Waals surface area contributed by atoms with Gasteiger partial charge in [0.1, 0.15) is 0 Å². The number of hydrogen-bond donors (Lipinski definition) is 2. The summed E-state index contributed by atoms with van der Waals surface area (Å²) in [6.07, 6.45) is 1.06. The van der Waals surface area contributed by atoms with Gasteiger partial charge in [0, 0.05) is 16.8 Å². The summed E-state index contributed by atoms with van der Waals surface area (Å²) in [5.74, 6) is 0. The molecule has 0 atom stereocenters. The second kappa shape index (κ2) is 4.88. The zero-order valence-corrected chi connectivity index (χ0v) is 9.62. The first-order valence-electron chi connectivity index (χ1n) is 4.35. The maximum atomic E-state index is 10.9. The molecule has 1 heterocycles. The fraction of sp³-hybridized carbons (Fsp3) is 0.500. The molecule has 1 aromatic heterocycles. The van der Waals surface area contributed by atoms with Crippen LogP contribution in [0.15, 0.2) is 16.3 Å². The van der Waals surface area contributed by atoms with Gasteiger partial charge in [-0.3, -0.25) is 0 Å². The van der Waals surface area contributed by atoms with E-state index in [4.69, 9.17) is 5.14 Å². The topological polar surface area (TPSA) is 72.2 Å². The summed E-state index contributed by atoms with van der Waals surface area (Å²) in [5.41, 5.74) is 0. The van der Waals surface area contributed by atoms with Gasteiger partial charge >= 0.3 is 0 Å². The van der Waals surface area contributed by atoms with Crippen molar-refractivity contribution in [3.05, 3.63) is 16.3 Å². The van der Waals surface area contributed by atoms with Crippen LogP contribution in [-0.2, 0) is 16.6 Å². The predicted molar refractivity (Wildman–Crippen MR) is 57.7 cm³/mol. The molecule has 0 bridgehead atoms. The number of thiophene rings is 1. The summed E-state index contributed by atoms with van der Waals surface area (Å²) < 4.78 is 21.9. The highest BCUT2D eigenvalue weighted by Gasteiger charge is 2.09. The maximum Gasteiger partial charge on any atom is 0.238 e. The molecule has 0 radical (unpaired) electrons. The normalized spacial score (nSPS) is 11.9. The Morgan fingerprint density at radius 2 is 2.29 bits per heavy atom. The molecule has 0 spiro atoms. The molecule has 0 unspecified atom stereocenters.